The van der Waals surface area contributed by atoms with Crippen LogP contribution >= 0.6 is 0 Å². The van der Waals surface area contributed by atoms with Gasteiger partial charge in [-0.3, -0.25) is 9.59 Å². The third-order valence-corrected chi connectivity index (χ3v) is 5.43. The third-order valence-electron chi connectivity index (χ3n) is 5.43. The lowest BCUT2D eigenvalue weighted by atomic mass is 10.0. The summed E-state index contributed by atoms with van der Waals surface area (Å²) in [6, 6.07) is 23.9. The van der Waals surface area contributed by atoms with Gasteiger partial charge in [0.05, 0.1) is 12.7 Å². The predicted octanol–water partition coefficient (Wildman–Crippen LogP) is 4.95. The Morgan fingerprint density at radius 2 is 1.68 bits per heavy atom. The quantitative estimate of drug-likeness (QED) is 0.407. The first-order valence-electron chi connectivity index (χ1n) is 10.9. The lowest BCUT2D eigenvalue weighted by molar-refractivity contribution is 0.0944. The van der Waals surface area contributed by atoms with E-state index in [-0.39, 0.29) is 17.4 Å². The highest BCUT2D eigenvalue weighted by atomic mass is 16.5. The molecule has 0 saturated heterocycles. The van der Waals surface area contributed by atoms with E-state index in [0.29, 0.717) is 24.2 Å². The third kappa shape index (κ3) is 4.83. The summed E-state index contributed by atoms with van der Waals surface area (Å²) >= 11 is 0. The van der Waals surface area contributed by atoms with E-state index < -0.39 is 5.91 Å². The van der Waals surface area contributed by atoms with E-state index in [1.807, 2.05) is 61.5 Å². The van der Waals surface area contributed by atoms with Crippen molar-refractivity contribution in [3.8, 4) is 17.1 Å². The van der Waals surface area contributed by atoms with Crippen molar-refractivity contribution in [3.05, 3.63) is 102 Å². The number of anilines is 1. The number of para-hydroxylation sites is 1. The van der Waals surface area contributed by atoms with Crippen LogP contribution in [0.25, 0.3) is 11.3 Å². The minimum Gasteiger partial charge on any atom is -0.497 e. The van der Waals surface area contributed by atoms with Gasteiger partial charge in [0.25, 0.3) is 11.8 Å². The summed E-state index contributed by atoms with van der Waals surface area (Å²) in [6.45, 7) is 2.72. The number of oxazole rings is 1. The second kappa shape index (κ2) is 10.5. The Balaban J connectivity index is 1.59. The van der Waals surface area contributed by atoms with Crippen LogP contribution in [0.4, 0.5) is 5.69 Å². The van der Waals surface area contributed by atoms with Gasteiger partial charge in [-0.25, -0.2) is 4.98 Å². The standard InChI is InChI=1S/C27H25N3O4/c1-3-30(20-9-5-4-6-10-20)27(32)23-12-8-7-11-22(23)25-24(29-18-34-25)26(31)28-17-19-13-15-21(33-2)16-14-19/h4-16,18H,3,17H2,1-2H3,(H,28,31). The van der Waals surface area contributed by atoms with Crippen LogP contribution in [-0.4, -0.2) is 30.5 Å². The van der Waals surface area contributed by atoms with Gasteiger partial charge in [0.1, 0.15) is 5.75 Å². The van der Waals surface area contributed by atoms with Crippen molar-refractivity contribution >= 4 is 17.5 Å². The van der Waals surface area contributed by atoms with Crippen LogP contribution in [0.3, 0.4) is 0 Å². The molecule has 0 radical (unpaired) electrons. The zero-order valence-electron chi connectivity index (χ0n) is 19.0. The van der Waals surface area contributed by atoms with E-state index in [4.69, 9.17) is 9.15 Å². The Hall–Kier alpha value is -4.39. The second-order valence-corrected chi connectivity index (χ2v) is 7.49. The number of hydrogen-bond donors (Lipinski definition) is 1. The van der Waals surface area contributed by atoms with Crippen molar-refractivity contribution in [1.82, 2.24) is 10.3 Å². The average Bonchev–Trinajstić information content (AvgIpc) is 3.38. The van der Waals surface area contributed by atoms with E-state index in [2.05, 4.69) is 10.3 Å². The van der Waals surface area contributed by atoms with Crippen molar-refractivity contribution in [2.24, 2.45) is 0 Å². The largest absolute Gasteiger partial charge is 0.497 e. The Labute approximate surface area is 198 Å². The fourth-order valence-corrected chi connectivity index (χ4v) is 3.67. The monoisotopic (exact) mass is 455 g/mol. The summed E-state index contributed by atoms with van der Waals surface area (Å²) in [6.07, 6.45) is 1.22. The molecule has 3 aromatic carbocycles. The van der Waals surface area contributed by atoms with Crippen molar-refractivity contribution < 1.29 is 18.7 Å². The Morgan fingerprint density at radius 1 is 0.971 bits per heavy atom. The molecule has 0 saturated carbocycles. The molecule has 1 N–H and O–H groups in total. The van der Waals surface area contributed by atoms with E-state index >= 15 is 0 Å². The maximum atomic E-state index is 13.5. The molecule has 34 heavy (non-hydrogen) atoms. The molecule has 0 aliphatic heterocycles. The van der Waals surface area contributed by atoms with Gasteiger partial charge in [0.2, 0.25) is 0 Å². The number of amides is 2. The summed E-state index contributed by atoms with van der Waals surface area (Å²) in [5.74, 6) is 0.412. The van der Waals surface area contributed by atoms with Crippen LogP contribution in [0, 0.1) is 0 Å². The lowest BCUT2D eigenvalue weighted by Crippen LogP contribution is -2.31. The van der Waals surface area contributed by atoms with Crippen LogP contribution in [0.1, 0.15) is 33.3 Å². The molecule has 0 fully saturated rings. The molecule has 2 amide bonds. The Morgan fingerprint density at radius 3 is 2.38 bits per heavy atom. The van der Waals surface area contributed by atoms with Crippen LogP contribution in [0.2, 0.25) is 0 Å². The second-order valence-electron chi connectivity index (χ2n) is 7.49. The van der Waals surface area contributed by atoms with Gasteiger partial charge < -0.3 is 19.4 Å². The lowest BCUT2D eigenvalue weighted by Gasteiger charge is -2.22. The van der Waals surface area contributed by atoms with Crippen molar-refractivity contribution in [2.45, 2.75) is 13.5 Å². The molecular weight excluding hydrogens is 430 g/mol. The molecule has 0 aliphatic rings. The van der Waals surface area contributed by atoms with Crippen LogP contribution in [0.15, 0.2) is 89.7 Å². The van der Waals surface area contributed by atoms with Crippen molar-refractivity contribution in [1.29, 1.82) is 0 Å². The molecular formula is C27H25N3O4. The molecule has 7 nitrogen and oxygen atoms in total. The molecule has 4 aromatic rings. The molecule has 1 heterocycles. The van der Waals surface area contributed by atoms with Gasteiger partial charge >= 0.3 is 0 Å². The van der Waals surface area contributed by atoms with E-state index in [1.165, 1.54) is 6.39 Å². The summed E-state index contributed by atoms with van der Waals surface area (Å²) in [5.41, 5.74) is 2.76. The maximum Gasteiger partial charge on any atom is 0.274 e. The van der Waals surface area contributed by atoms with Gasteiger partial charge in [0.15, 0.2) is 17.8 Å². The first-order chi connectivity index (χ1) is 16.6. The van der Waals surface area contributed by atoms with Gasteiger partial charge in [-0.05, 0) is 42.8 Å². The predicted molar refractivity (Wildman–Crippen MR) is 130 cm³/mol. The minimum atomic E-state index is -0.391. The number of methoxy groups -OCH3 is 1. The smallest absolute Gasteiger partial charge is 0.274 e. The summed E-state index contributed by atoms with van der Waals surface area (Å²) in [7, 11) is 1.60. The highest BCUT2D eigenvalue weighted by Gasteiger charge is 2.25. The van der Waals surface area contributed by atoms with Crippen LogP contribution in [-0.2, 0) is 6.54 Å². The van der Waals surface area contributed by atoms with Crippen molar-refractivity contribution in [3.63, 3.8) is 0 Å². The summed E-state index contributed by atoms with van der Waals surface area (Å²) < 4.78 is 10.8. The first-order valence-corrected chi connectivity index (χ1v) is 10.9. The number of aromatic nitrogens is 1. The number of hydrogen-bond acceptors (Lipinski definition) is 5. The van der Waals surface area contributed by atoms with Gasteiger partial charge in [-0.1, -0.05) is 48.5 Å². The number of rotatable bonds is 8. The van der Waals surface area contributed by atoms with E-state index in [1.54, 1.807) is 36.3 Å². The van der Waals surface area contributed by atoms with Crippen LogP contribution < -0.4 is 15.0 Å². The molecule has 0 spiro atoms. The topological polar surface area (TPSA) is 84.7 Å². The number of nitrogens with one attached hydrogen (secondary N) is 1. The number of nitrogens with zero attached hydrogens (tertiary/aromatic N) is 2. The Bertz CT molecular complexity index is 1270. The number of carbonyl (C=O) groups excluding carboxylic acids is 2. The maximum absolute atomic E-state index is 13.5. The average molecular weight is 456 g/mol. The fourth-order valence-electron chi connectivity index (χ4n) is 3.67. The van der Waals surface area contributed by atoms with Gasteiger partial charge in [-0.15, -0.1) is 0 Å². The van der Waals surface area contributed by atoms with Crippen molar-refractivity contribution in [2.75, 3.05) is 18.6 Å². The molecule has 1 aromatic heterocycles. The van der Waals surface area contributed by atoms with Gasteiger partial charge in [-0.2, -0.15) is 0 Å². The fraction of sp³-hybridized carbons (Fsp3) is 0.148. The summed E-state index contributed by atoms with van der Waals surface area (Å²) in [5, 5.41) is 2.86. The molecule has 7 heteroatoms. The highest BCUT2D eigenvalue weighted by Crippen LogP contribution is 2.29. The number of ether oxygens (including phenoxy) is 1. The zero-order valence-corrected chi connectivity index (χ0v) is 19.0. The molecule has 0 aliphatic carbocycles. The first kappa shape index (κ1) is 22.8. The number of carbonyl (C=O) groups is 2. The zero-order chi connectivity index (χ0) is 23.9. The molecule has 0 atom stereocenters. The number of benzene rings is 3. The van der Waals surface area contributed by atoms with E-state index in [9.17, 15) is 9.59 Å². The normalized spacial score (nSPS) is 10.5. The molecule has 4 rings (SSSR count). The van der Waals surface area contributed by atoms with Crippen LogP contribution in [0.5, 0.6) is 5.75 Å². The summed E-state index contributed by atoms with van der Waals surface area (Å²) in [4.78, 5) is 32.2. The highest BCUT2D eigenvalue weighted by molar-refractivity contribution is 6.11. The Kier molecular flexibility index (Phi) is 7.03. The van der Waals surface area contributed by atoms with Gasteiger partial charge in [0, 0.05) is 24.3 Å². The minimum absolute atomic E-state index is 0.122. The molecule has 0 unspecified atom stereocenters. The van der Waals surface area contributed by atoms with E-state index in [0.717, 1.165) is 17.0 Å². The molecule has 0 bridgehead atoms. The molecule has 172 valence electrons. The SMILES string of the molecule is CCN(C(=O)c1ccccc1-c1ocnc1C(=O)NCc1ccc(OC)cc1)c1ccccc1.